The van der Waals surface area contributed by atoms with E-state index in [1.54, 1.807) is 13.8 Å². The monoisotopic (exact) mass is 604 g/mol. The van der Waals surface area contributed by atoms with Crippen molar-refractivity contribution < 1.29 is 37.0 Å². The van der Waals surface area contributed by atoms with Crippen LogP contribution in [0.1, 0.15) is 36.7 Å². The van der Waals surface area contributed by atoms with E-state index in [0.29, 0.717) is 41.4 Å². The second-order valence-corrected chi connectivity index (χ2v) is 10.1. The molecule has 1 aromatic heterocycles. The number of nitrogens with one attached hydrogen (secondary N) is 2. The van der Waals surface area contributed by atoms with Gasteiger partial charge in [0.15, 0.2) is 15.8 Å². The number of anilines is 2. The quantitative estimate of drug-likeness (QED) is 0.181. The van der Waals surface area contributed by atoms with E-state index < -0.39 is 23.6 Å². The molecule has 1 heterocycles. The van der Waals surface area contributed by atoms with Gasteiger partial charge in [-0.1, -0.05) is 34.7 Å². The van der Waals surface area contributed by atoms with Crippen LogP contribution in [0.5, 0.6) is 17.2 Å². The van der Waals surface area contributed by atoms with Gasteiger partial charge in [-0.2, -0.15) is 13.2 Å². The van der Waals surface area contributed by atoms with Gasteiger partial charge >= 0.3 is 6.18 Å². The number of hydrogen-bond donors (Lipinski definition) is 2. The molecule has 3 aromatic rings. The Balaban J connectivity index is 1.65. The van der Waals surface area contributed by atoms with Gasteiger partial charge in [-0.05, 0) is 51.1 Å². The van der Waals surface area contributed by atoms with Crippen LogP contribution in [0.3, 0.4) is 0 Å². The SMILES string of the molecule is CCOc1cc(C(=O)Nc2nnc(SCC(=O)Nc3cc(C(F)(F)F)ccc3Cl)s2)cc(OCC)c1OCC. The molecule has 3 rings (SSSR count). The molecule has 210 valence electrons. The lowest BCUT2D eigenvalue weighted by atomic mass is 10.1. The molecule has 0 fully saturated rings. The molecule has 0 aliphatic carbocycles. The Kier molecular flexibility index (Phi) is 10.7. The summed E-state index contributed by atoms with van der Waals surface area (Å²) in [5.74, 6) is -0.152. The van der Waals surface area contributed by atoms with Crippen LogP contribution in [0.15, 0.2) is 34.7 Å². The molecular formula is C24H24ClF3N4O5S2. The lowest BCUT2D eigenvalue weighted by molar-refractivity contribution is -0.137. The molecule has 2 aromatic carbocycles. The highest BCUT2D eigenvalue weighted by Crippen LogP contribution is 2.39. The zero-order chi connectivity index (χ0) is 28.6. The Bertz CT molecular complexity index is 1300. The van der Waals surface area contributed by atoms with Crippen molar-refractivity contribution in [2.24, 2.45) is 0 Å². The van der Waals surface area contributed by atoms with Gasteiger partial charge < -0.3 is 19.5 Å². The minimum absolute atomic E-state index is 0.0310. The van der Waals surface area contributed by atoms with E-state index >= 15 is 0 Å². The van der Waals surface area contributed by atoms with Crippen LogP contribution < -0.4 is 24.8 Å². The fourth-order valence-corrected chi connectivity index (χ4v) is 4.83. The molecule has 0 aliphatic heterocycles. The van der Waals surface area contributed by atoms with Gasteiger partial charge in [-0.3, -0.25) is 14.9 Å². The second kappa shape index (κ2) is 13.7. The van der Waals surface area contributed by atoms with Crippen LogP contribution in [0.25, 0.3) is 0 Å². The van der Waals surface area contributed by atoms with Gasteiger partial charge in [-0.25, -0.2) is 0 Å². The first-order valence-corrected chi connectivity index (χ1v) is 13.7. The van der Waals surface area contributed by atoms with Gasteiger partial charge in [0.25, 0.3) is 5.91 Å². The molecule has 2 N–H and O–H groups in total. The van der Waals surface area contributed by atoms with Crippen LogP contribution in [0.4, 0.5) is 24.0 Å². The first-order valence-electron chi connectivity index (χ1n) is 11.6. The summed E-state index contributed by atoms with van der Waals surface area (Å²) < 4.78 is 56.1. The molecular weight excluding hydrogens is 581 g/mol. The van der Waals surface area contributed by atoms with Crippen molar-refractivity contribution in [1.29, 1.82) is 0 Å². The fourth-order valence-electron chi connectivity index (χ4n) is 3.12. The summed E-state index contributed by atoms with van der Waals surface area (Å²) in [6.07, 6.45) is -4.58. The third-order valence-corrected chi connectivity index (χ3v) is 6.99. The highest BCUT2D eigenvalue weighted by atomic mass is 35.5. The third-order valence-electron chi connectivity index (χ3n) is 4.69. The first-order chi connectivity index (χ1) is 18.5. The fraction of sp³-hybridized carbons (Fsp3) is 0.333. The molecule has 0 unspecified atom stereocenters. The molecule has 0 bridgehead atoms. The number of rotatable bonds is 12. The van der Waals surface area contributed by atoms with Gasteiger partial charge in [0.2, 0.25) is 16.8 Å². The minimum atomic E-state index is -4.58. The van der Waals surface area contributed by atoms with E-state index in [1.807, 2.05) is 6.92 Å². The van der Waals surface area contributed by atoms with Crippen molar-refractivity contribution >= 4 is 57.3 Å². The highest BCUT2D eigenvalue weighted by molar-refractivity contribution is 8.01. The summed E-state index contributed by atoms with van der Waals surface area (Å²) >= 11 is 7.93. The first kappa shape index (κ1) is 30.3. The molecule has 0 aliphatic rings. The van der Waals surface area contributed by atoms with Crippen LogP contribution >= 0.6 is 34.7 Å². The Morgan fingerprint density at radius 3 is 2.21 bits per heavy atom. The molecule has 0 saturated carbocycles. The van der Waals surface area contributed by atoms with Gasteiger partial charge in [0.1, 0.15) is 0 Å². The zero-order valence-electron chi connectivity index (χ0n) is 21.0. The Morgan fingerprint density at radius 2 is 1.62 bits per heavy atom. The summed E-state index contributed by atoms with van der Waals surface area (Å²) in [5, 5.41) is 13.0. The number of thioether (sulfide) groups is 1. The van der Waals surface area contributed by atoms with E-state index in [2.05, 4.69) is 20.8 Å². The summed E-state index contributed by atoms with van der Waals surface area (Å²) in [5.41, 5.74) is -0.851. The van der Waals surface area contributed by atoms with Crippen molar-refractivity contribution in [1.82, 2.24) is 10.2 Å². The zero-order valence-corrected chi connectivity index (χ0v) is 23.4. The molecule has 2 amide bonds. The highest BCUT2D eigenvalue weighted by Gasteiger charge is 2.31. The third kappa shape index (κ3) is 8.38. The number of hydrogen-bond acceptors (Lipinski definition) is 9. The normalized spacial score (nSPS) is 11.2. The van der Waals surface area contributed by atoms with Crippen molar-refractivity contribution in [3.05, 3.63) is 46.5 Å². The number of carbonyl (C=O) groups excluding carboxylic acids is 2. The average Bonchev–Trinajstić information content (AvgIpc) is 3.32. The lowest BCUT2D eigenvalue weighted by Crippen LogP contribution is -2.15. The van der Waals surface area contributed by atoms with E-state index in [-0.39, 0.29) is 27.2 Å². The minimum Gasteiger partial charge on any atom is -0.490 e. The molecule has 9 nitrogen and oxygen atoms in total. The van der Waals surface area contributed by atoms with E-state index in [9.17, 15) is 22.8 Å². The predicted molar refractivity (Wildman–Crippen MR) is 144 cm³/mol. The Morgan fingerprint density at radius 1 is 0.974 bits per heavy atom. The summed E-state index contributed by atoms with van der Waals surface area (Å²) in [6, 6.07) is 5.72. The molecule has 0 saturated heterocycles. The van der Waals surface area contributed by atoms with Crippen LogP contribution in [-0.2, 0) is 11.0 Å². The van der Waals surface area contributed by atoms with E-state index in [0.717, 1.165) is 41.3 Å². The van der Waals surface area contributed by atoms with Gasteiger partial charge in [0, 0.05) is 5.56 Å². The predicted octanol–water partition coefficient (Wildman–Crippen LogP) is 6.39. The molecule has 15 heteroatoms. The number of alkyl halides is 3. The molecule has 0 radical (unpaired) electrons. The summed E-state index contributed by atoms with van der Waals surface area (Å²) in [4.78, 5) is 25.2. The molecule has 0 atom stereocenters. The number of aromatic nitrogens is 2. The maximum Gasteiger partial charge on any atom is 0.416 e. The number of ether oxygens (including phenoxy) is 3. The van der Waals surface area contributed by atoms with Crippen molar-refractivity contribution in [2.45, 2.75) is 31.3 Å². The maximum absolute atomic E-state index is 12.9. The standard InChI is InChI=1S/C24H24ClF3N4O5S2/c1-4-35-17-9-13(10-18(36-5-2)20(17)37-6-3)21(34)30-22-31-32-23(39-22)38-12-19(33)29-16-11-14(24(26,27)28)7-8-15(16)25/h7-11H,4-6,12H2,1-3H3,(H,29,33)(H,30,31,34). The van der Waals surface area contributed by atoms with Crippen molar-refractivity contribution in [3.63, 3.8) is 0 Å². The van der Waals surface area contributed by atoms with E-state index in [1.165, 1.54) is 12.1 Å². The van der Waals surface area contributed by atoms with Crippen molar-refractivity contribution in [3.8, 4) is 17.2 Å². The lowest BCUT2D eigenvalue weighted by Gasteiger charge is -2.16. The van der Waals surface area contributed by atoms with Crippen molar-refractivity contribution in [2.75, 3.05) is 36.2 Å². The van der Waals surface area contributed by atoms with Crippen LogP contribution in [0.2, 0.25) is 5.02 Å². The summed E-state index contributed by atoms with van der Waals surface area (Å²) in [7, 11) is 0. The number of amides is 2. The number of carbonyl (C=O) groups is 2. The smallest absolute Gasteiger partial charge is 0.416 e. The summed E-state index contributed by atoms with van der Waals surface area (Å²) in [6.45, 7) is 6.50. The Labute approximate surface area is 235 Å². The molecule has 0 spiro atoms. The second-order valence-electron chi connectivity index (χ2n) is 7.46. The van der Waals surface area contributed by atoms with Gasteiger partial charge in [-0.15, -0.1) is 10.2 Å². The average molecular weight is 605 g/mol. The molecule has 39 heavy (non-hydrogen) atoms. The Hall–Kier alpha value is -3.23. The number of benzene rings is 2. The number of nitrogens with zero attached hydrogens (tertiary/aromatic N) is 2. The number of halogens is 4. The van der Waals surface area contributed by atoms with Gasteiger partial charge in [0.05, 0.1) is 41.8 Å². The van der Waals surface area contributed by atoms with Crippen LogP contribution in [0, 0.1) is 0 Å². The van der Waals surface area contributed by atoms with E-state index in [4.69, 9.17) is 25.8 Å². The maximum atomic E-state index is 12.9. The van der Waals surface area contributed by atoms with Crippen LogP contribution in [-0.4, -0.2) is 47.6 Å². The largest absolute Gasteiger partial charge is 0.490 e. The topological polar surface area (TPSA) is 112 Å².